The molecular weight excluding hydrogens is 328 g/mol. The summed E-state index contributed by atoms with van der Waals surface area (Å²) >= 11 is 0. The van der Waals surface area contributed by atoms with Gasteiger partial charge in [0.25, 0.3) is 5.91 Å². The zero-order chi connectivity index (χ0) is 18.0. The summed E-state index contributed by atoms with van der Waals surface area (Å²) in [5, 5.41) is 8.94. The van der Waals surface area contributed by atoms with Crippen molar-refractivity contribution in [2.24, 2.45) is 0 Å². The lowest BCUT2D eigenvalue weighted by atomic mass is 10.0. The van der Waals surface area contributed by atoms with Crippen molar-refractivity contribution >= 4 is 11.9 Å². The smallest absolute Gasteiger partial charge is 0.305 e. The third-order valence-electron chi connectivity index (χ3n) is 4.43. The Morgan fingerprint density at radius 2 is 1.76 bits per heavy atom. The third kappa shape index (κ3) is 3.68. The molecule has 4 nitrogen and oxygen atoms in total. The fraction of sp³-hybridized carbons (Fsp3) is 0.263. The van der Waals surface area contributed by atoms with Gasteiger partial charge in [0.2, 0.25) is 0 Å². The summed E-state index contributed by atoms with van der Waals surface area (Å²) in [5.41, 5.74) is 1.10. The average molecular weight is 345 g/mol. The number of hydrogen-bond acceptors (Lipinski definition) is 2. The topological polar surface area (TPSA) is 57.6 Å². The zero-order valence-electron chi connectivity index (χ0n) is 13.4. The van der Waals surface area contributed by atoms with E-state index >= 15 is 0 Å². The highest BCUT2D eigenvalue weighted by Crippen LogP contribution is 2.26. The van der Waals surface area contributed by atoms with E-state index in [9.17, 15) is 18.4 Å². The standard InChI is InChI=1S/C19H17F2NO3/c20-14-6-3-12(4-7-14)13-5-8-16(17(21)10-13)19(25)22-9-1-2-15(22)11-18(23)24/h3-8,10,15H,1-2,9,11H2,(H,23,24). The van der Waals surface area contributed by atoms with E-state index in [0.29, 0.717) is 30.5 Å². The van der Waals surface area contributed by atoms with Crippen LogP contribution < -0.4 is 0 Å². The largest absolute Gasteiger partial charge is 0.481 e. The van der Waals surface area contributed by atoms with E-state index < -0.39 is 23.7 Å². The lowest BCUT2D eigenvalue weighted by molar-refractivity contribution is -0.137. The molecule has 1 saturated heterocycles. The molecule has 1 atom stereocenters. The molecule has 3 rings (SSSR count). The van der Waals surface area contributed by atoms with Crippen LogP contribution in [0.2, 0.25) is 0 Å². The van der Waals surface area contributed by atoms with Gasteiger partial charge in [0.15, 0.2) is 0 Å². The van der Waals surface area contributed by atoms with Gasteiger partial charge in [-0.3, -0.25) is 9.59 Å². The minimum atomic E-state index is -0.975. The van der Waals surface area contributed by atoms with E-state index in [4.69, 9.17) is 5.11 Å². The molecule has 0 saturated carbocycles. The number of aliphatic carboxylic acids is 1. The van der Waals surface area contributed by atoms with Crippen molar-refractivity contribution in [3.63, 3.8) is 0 Å². The molecule has 1 N–H and O–H groups in total. The highest BCUT2D eigenvalue weighted by atomic mass is 19.1. The first-order chi connectivity index (χ1) is 12.0. The lowest BCUT2D eigenvalue weighted by Crippen LogP contribution is -2.37. The van der Waals surface area contributed by atoms with Crippen LogP contribution in [0.25, 0.3) is 11.1 Å². The number of amides is 1. The molecule has 1 amide bonds. The summed E-state index contributed by atoms with van der Waals surface area (Å²) < 4.78 is 27.5. The van der Waals surface area contributed by atoms with Crippen LogP contribution in [0.1, 0.15) is 29.6 Å². The maximum Gasteiger partial charge on any atom is 0.305 e. The van der Waals surface area contributed by atoms with Crippen LogP contribution in [-0.2, 0) is 4.79 Å². The summed E-state index contributed by atoms with van der Waals surface area (Å²) in [6.45, 7) is 0.427. The summed E-state index contributed by atoms with van der Waals surface area (Å²) in [5.74, 6) is -2.52. The SMILES string of the molecule is O=C(O)CC1CCCN1C(=O)c1ccc(-c2ccc(F)cc2)cc1F. The number of benzene rings is 2. The summed E-state index contributed by atoms with van der Waals surface area (Å²) in [4.78, 5) is 24.9. The van der Waals surface area contributed by atoms with Crippen LogP contribution in [0.5, 0.6) is 0 Å². The molecule has 6 heteroatoms. The first-order valence-electron chi connectivity index (χ1n) is 8.04. The monoisotopic (exact) mass is 345 g/mol. The summed E-state index contributed by atoms with van der Waals surface area (Å²) in [7, 11) is 0. The number of hydrogen-bond donors (Lipinski definition) is 1. The molecule has 0 aliphatic carbocycles. The van der Waals surface area contributed by atoms with E-state index in [1.54, 1.807) is 6.07 Å². The van der Waals surface area contributed by atoms with Gasteiger partial charge in [-0.05, 0) is 48.2 Å². The number of rotatable bonds is 4. The molecule has 25 heavy (non-hydrogen) atoms. The Hall–Kier alpha value is -2.76. The van der Waals surface area contributed by atoms with Crippen LogP contribution in [0.4, 0.5) is 8.78 Å². The molecule has 0 bridgehead atoms. The van der Waals surface area contributed by atoms with Gasteiger partial charge >= 0.3 is 5.97 Å². The van der Waals surface area contributed by atoms with E-state index in [2.05, 4.69) is 0 Å². The van der Waals surface area contributed by atoms with Gasteiger partial charge in [0, 0.05) is 12.6 Å². The van der Waals surface area contributed by atoms with Crippen molar-refractivity contribution in [1.82, 2.24) is 4.90 Å². The van der Waals surface area contributed by atoms with Gasteiger partial charge in [-0.1, -0.05) is 18.2 Å². The third-order valence-corrected chi connectivity index (χ3v) is 4.43. The zero-order valence-corrected chi connectivity index (χ0v) is 13.4. The summed E-state index contributed by atoms with van der Waals surface area (Å²) in [6.07, 6.45) is 1.17. The van der Waals surface area contributed by atoms with Crippen molar-refractivity contribution in [3.05, 3.63) is 59.7 Å². The Kier molecular flexibility index (Phi) is 4.79. The van der Waals surface area contributed by atoms with E-state index in [1.807, 2.05) is 0 Å². The van der Waals surface area contributed by atoms with E-state index in [-0.39, 0.29) is 17.8 Å². The first-order valence-corrected chi connectivity index (χ1v) is 8.04. The number of carbonyl (C=O) groups excluding carboxylic acids is 1. The maximum absolute atomic E-state index is 14.5. The Bertz CT molecular complexity index is 805. The number of nitrogens with zero attached hydrogens (tertiary/aromatic N) is 1. The second-order valence-corrected chi connectivity index (χ2v) is 6.09. The van der Waals surface area contributed by atoms with Gasteiger partial charge in [0.1, 0.15) is 11.6 Å². The van der Waals surface area contributed by atoms with Crippen molar-refractivity contribution in [2.45, 2.75) is 25.3 Å². The Balaban J connectivity index is 1.84. The van der Waals surface area contributed by atoms with Gasteiger partial charge in [-0.15, -0.1) is 0 Å². The van der Waals surface area contributed by atoms with E-state index in [0.717, 1.165) is 0 Å². The molecule has 0 radical (unpaired) electrons. The van der Waals surface area contributed by atoms with Gasteiger partial charge in [-0.2, -0.15) is 0 Å². The van der Waals surface area contributed by atoms with Crippen LogP contribution in [0.3, 0.4) is 0 Å². The second kappa shape index (κ2) is 7.01. The quantitative estimate of drug-likeness (QED) is 0.919. The molecule has 1 heterocycles. The Labute approximate surface area is 143 Å². The minimum absolute atomic E-state index is 0.0804. The van der Waals surface area contributed by atoms with Gasteiger partial charge in [0.05, 0.1) is 12.0 Å². The normalized spacial score (nSPS) is 16.9. The second-order valence-electron chi connectivity index (χ2n) is 6.09. The van der Waals surface area contributed by atoms with Gasteiger partial charge in [-0.25, -0.2) is 8.78 Å². The Morgan fingerprint density at radius 3 is 2.40 bits per heavy atom. The molecule has 1 aliphatic heterocycles. The van der Waals surface area contributed by atoms with E-state index in [1.165, 1.54) is 41.3 Å². The average Bonchev–Trinajstić information content (AvgIpc) is 3.02. The fourth-order valence-corrected chi connectivity index (χ4v) is 3.18. The van der Waals surface area contributed by atoms with Crippen molar-refractivity contribution < 1.29 is 23.5 Å². The van der Waals surface area contributed by atoms with Gasteiger partial charge < -0.3 is 10.0 Å². The highest BCUT2D eigenvalue weighted by molar-refractivity contribution is 5.95. The molecule has 2 aromatic rings. The molecule has 0 aromatic heterocycles. The highest BCUT2D eigenvalue weighted by Gasteiger charge is 2.32. The van der Waals surface area contributed by atoms with Crippen molar-refractivity contribution in [3.8, 4) is 11.1 Å². The molecule has 1 aliphatic rings. The maximum atomic E-state index is 14.5. The number of carbonyl (C=O) groups is 2. The molecule has 130 valence electrons. The Morgan fingerprint density at radius 1 is 1.08 bits per heavy atom. The van der Waals surface area contributed by atoms with Crippen LogP contribution in [0, 0.1) is 11.6 Å². The fourth-order valence-electron chi connectivity index (χ4n) is 3.18. The van der Waals surface area contributed by atoms with Crippen molar-refractivity contribution in [2.75, 3.05) is 6.54 Å². The van der Waals surface area contributed by atoms with Crippen LogP contribution >= 0.6 is 0 Å². The number of likely N-dealkylation sites (tertiary alicyclic amines) is 1. The predicted molar refractivity (Wildman–Crippen MR) is 88.1 cm³/mol. The number of carboxylic acid groups (broad SMARTS) is 1. The number of halogens is 2. The molecule has 1 unspecified atom stereocenters. The van der Waals surface area contributed by atoms with Crippen molar-refractivity contribution in [1.29, 1.82) is 0 Å². The van der Waals surface area contributed by atoms with Crippen LogP contribution in [0.15, 0.2) is 42.5 Å². The molecule has 2 aromatic carbocycles. The van der Waals surface area contributed by atoms with Crippen LogP contribution in [-0.4, -0.2) is 34.5 Å². The molecular formula is C19H17F2NO3. The minimum Gasteiger partial charge on any atom is -0.481 e. The first kappa shape index (κ1) is 17.1. The molecule has 0 spiro atoms. The molecule has 1 fully saturated rings. The summed E-state index contributed by atoms with van der Waals surface area (Å²) in [6, 6.07) is 9.48. The predicted octanol–water partition coefficient (Wildman–Crippen LogP) is 3.71. The lowest BCUT2D eigenvalue weighted by Gasteiger charge is -2.23. The number of carboxylic acids is 1.